The van der Waals surface area contributed by atoms with E-state index in [0.29, 0.717) is 6.42 Å². The number of nitrogens with one attached hydrogen (secondary N) is 2. The molecule has 0 bridgehead atoms. The minimum Gasteiger partial charge on any atom is -0.450 e. The number of carbonyl (C=O) groups excluding carboxylic acids is 2. The summed E-state index contributed by atoms with van der Waals surface area (Å²) in [6.45, 7) is 2.19. The molecule has 0 spiro atoms. The molecule has 0 fully saturated rings. The summed E-state index contributed by atoms with van der Waals surface area (Å²) in [6.07, 6.45) is -0.0436. The first-order chi connectivity index (χ1) is 11.7. The third-order valence-corrected chi connectivity index (χ3v) is 4.42. The number of thiophene rings is 1. The van der Waals surface area contributed by atoms with Gasteiger partial charge in [-0.15, -0.1) is 11.3 Å². The first-order valence-corrected chi connectivity index (χ1v) is 8.56. The summed E-state index contributed by atoms with van der Waals surface area (Å²) in [5.41, 5.74) is 0.993. The number of fused-ring (bicyclic) bond motifs is 1. The van der Waals surface area contributed by atoms with E-state index in [9.17, 15) is 9.59 Å². The van der Waals surface area contributed by atoms with Crippen molar-refractivity contribution in [1.82, 2.24) is 10.6 Å². The van der Waals surface area contributed by atoms with E-state index < -0.39 is 12.1 Å². The molecular formula is C17H19N3O3S. The van der Waals surface area contributed by atoms with Crippen molar-refractivity contribution in [3.05, 3.63) is 35.2 Å². The molecule has 0 saturated heterocycles. The van der Waals surface area contributed by atoms with E-state index in [2.05, 4.69) is 10.6 Å². The maximum absolute atomic E-state index is 12.3. The molecule has 126 valence electrons. The highest BCUT2D eigenvalue weighted by Gasteiger charge is 2.22. The average molecular weight is 345 g/mol. The molecule has 2 aromatic rings. The van der Waals surface area contributed by atoms with Gasteiger partial charge >= 0.3 is 6.09 Å². The zero-order chi connectivity index (χ0) is 17.4. The van der Waals surface area contributed by atoms with E-state index in [1.807, 2.05) is 35.7 Å². The Kier molecular flexibility index (Phi) is 6.58. The fraction of sp³-hybridized carbons (Fsp3) is 0.353. The second-order valence-electron chi connectivity index (χ2n) is 5.08. The molecule has 7 heteroatoms. The fourth-order valence-electron chi connectivity index (χ4n) is 2.30. The molecule has 2 amide bonds. The lowest BCUT2D eigenvalue weighted by molar-refractivity contribution is -0.123. The molecule has 0 aliphatic rings. The number of nitrogens with zero attached hydrogens (tertiary/aromatic N) is 1. The molecule has 1 aromatic heterocycles. The van der Waals surface area contributed by atoms with Gasteiger partial charge in [0.15, 0.2) is 0 Å². The Morgan fingerprint density at radius 1 is 1.38 bits per heavy atom. The van der Waals surface area contributed by atoms with Crippen LogP contribution in [0.15, 0.2) is 29.6 Å². The molecule has 0 saturated carbocycles. The minimum atomic E-state index is -0.749. The van der Waals surface area contributed by atoms with Crippen molar-refractivity contribution in [3.8, 4) is 6.07 Å². The van der Waals surface area contributed by atoms with E-state index in [-0.39, 0.29) is 25.5 Å². The van der Waals surface area contributed by atoms with Gasteiger partial charge in [-0.25, -0.2) is 4.79 Å². The number of hydrogen-bond acceptors (Lipinski definition) is 5. The fourth-order valence-corrected chi connectivity index (χ4v) is 3.28. The molecule has 6 nitrogen and oxygen atoms in total. The van der Waals surface area contributed by atoms with E-state index in [1.54, 1.807) is 18.3 Å². The molecule has 1 aromatic carbocycles. The summed E-state index contributed by atoms with van der Waals surface area (Å²) in [5.74, 6) is -0.325. The van der Waals surface area contributed by atoms with Gasteiger partial charge in [0.2, 0.25) is 5.91 Å². The predicted molar refractivity (Wildman–Crippen MR) is 92.7 cm³/mol. The molecule has 0 radical (unpaired) electrons. The van der Waals surface area contributed by atoms with E-state index >= 15 is 0 Å². The number of alkyl carbamates (subject to hydrolysis) is 1. The summed E-state index contributed by atoms with van der Waals surface area (Å²) in [7, 11) is 0. The topological polar surface area (TPSA) is 91.2 Å². The summed E-state index contributed by atoms with van der Waals surface area (Å²) in [6, 6.07) is 9.14. The Labute approximate surface area is 144 Å². The van der Waals surface area contributed by atoms with Crippen LogP contribution in [0.25, 0.3) is 10.1 Å². The summed E-state index contributed by atoms with van der Waals surface area (Å²) in [4.78, 5) is 24.0. The lowest BCUT2D eigenvalue weighted by Crippen LogP contribution is -2.48. The van der Waals surface area contributed by atoms with Gasteiger partial charge in [0, 0.05) is 17.7 Å². The van der Waals surface area contributed by atoms with Crippen LogP contribution in [0.5, 0.6) is 0 Å². The number of nitriles is 1. The van der Waals surface area contributed by atoms with Gasteiger partial charge in [-0.1, -0.05) is 18.2 Å². The Morgan fingerprint density at radius 3 is 2.92 bits per heavy atom. The second kappa shape index (κ2) is 8.89. The third-order valence-electron chi connectivity index (χ3n) is 3.41. The Bertz CT molecular complexity index is 751. The molecule has 2 N–H and O–H groups in total. The van der Waals surface area contributed by atoms with Gasteiger partial charge < -0.3 is 15.4 Å². The zero-order valence-electron chi connectivity index (χ0n) is 13.4. The maximum atomic E-state index is 12.3. The SMILES string of the molecule is CCOC(=O)NC(Cc1csc2ccccc12)C(=O)NCCC#N. The molecule has 1 atom stereocenters. The van der Waals surface area contributed by atoms with Crippen LogP contribution in [0.2, 0.25) is 0 Å². The van der Waals surface area contributed by atoms with Gasteiger partial charge in [0.05, 0.1) is 19.1 Å². The van der Waals surface area contributed by atoms with Crippen molar-refractivity contribution in [1.29, 1.82) is 5.26 Å². The minimum absolute atomic E-state index is 0.221. The standard InChI is InChI=1S/C17H19N3O3S/c1-2-23-17(22)20-14(16(21)19-9-5-8-18)10-12-11-24-15-7-4-3-6-13(12)15/h3-4,6-7,11,14H,2,5,9-10H2,1H3,(H,19,21)(H,20,22). The quantitative estimate of drug-likeness (QED) is 0.755. The van der Waals surface area contributed by atoms with Crippen LogP contribution in [0.1, 0.15) is 18.9 Å². The van der Waals surface area contributed by atoms with Crippen molar-refractivity contribution < 1.29 is 14.3 Å². The highest BCUT2D eigenvalue weighted by molar-refractivity contribution is 7.17. The van der Waals surface area contributed by atoms with E-state index in [4.69, 9.17) is 10.00 Å². The van der Waals surface area contributed by atoms with Gasteiger partial charge in [-0.05, 0) is 29.3 Å². The maximum Gasteiger partial charge on any atom is 0.407 e. The summed E-state index contributed by atoms with van der Waals surface area (Å²) >= 11 is 1.60. The molecule has 1 unspecified atom stereocenters. The van der Waals surface area contributed by atoms with Crippen molar-refractivity contribution in [2.45, 2.75) is 25.8 Å². The Balaban J connectivity index is 2.13. The number of amides is 2. The molecule has 0 aliphatic carbocycles. The lowest BCUT2D eigenvalue weighted by atomic mass is 10.0. The predicted octanol–water partition coefficient (Wildman–Crippen LogP) is 2.59. The van der Waals surface area contributed by atoms with Crippen LogP contribution >= 0.6 is 11.3 Å². The van der Waals surface area contributed by atoms with Crippen LogP contribution < -0.4 is 10.6 Å². The van der Waals surface area contributed by atoms with Gasteiger partial charge in [0.25, 0.3) is 0 Å². The Hall–Kier alpha value is -2.59. The third kappa shape index (κ3) is 4.70. The highest BCUT2D eigenvalue weighted by Crippen LogP contribution is 2.26. The smallest absolute Gasteiger partial charge is 0.407 e. The molecule has 1 heterocycles. The second-order valence-corrected chi connectivity index (χ2v) is 5.99. The number of benzene rings is 1. The number of carbonyl (C=O) groups is 2. The largest absolute Gasteiger partial charge is 0.450 e. The molecule has 2 rings (SSSR count). The van der Waals surface area contributed by atoms with Crippen molar-refractivity contribution in [2.24, 2.45) is 0 Å². The first kappa shape index (κ1) is 17.8. The van der Waals surface area contributed by atoms with E-state index in [0.717, 1.165) is 15.6 Å². The number of ether oxygens (including phenoxy) is 1. The normalized spacial score (nSPS) is 11.5. The van der Waals surface area contributed by atoms with Gasteiger partial charge in [-0.3, -0.25) is 4.79 Å². The summed E-state index contributed by atoms with van der Waals surface area (Å²) < 4.78 is 6.01. The lowest BCUT2D eigenvalue weighted by Gasteiger charge is -2.17. The number of hydrogen-bond donors (Lipinski definition) is 2. The van der Waals surface area contributed by atoms with Gasteiger partial charge in [0.1, 0.15) is 6.04 Å². The van der Waals surface area contributed by atoms with E-state index in [1.165, 1.54) is 0 Å². The molecule has 24 heavy (non-hydrogen) atoms. The van der Waals surface area contributed by atoms with Gasteiger partial charge in [-0.2, -0.15) is 5.26 Å². The summed E-state index contributed by atoms with van der Waals surface area (Å²) in [5, 5.41) is 16.9. The average Bonchev–Trinajstić information content (AvgIpc) is 2.98. The number of rotatable bonds is 7. The van der Waals surface area contributed by atoms with Crippen molar-refractivity contribution in [2.75, 3.05) is 13.2 Å². The van der Waals surface area contributed by atoms with Crippen LogP contribution in [0.3, 0.4) is 0 Å². The Morgan fingerprint density at radius 2 is 2.17 bits per heavy atom. The molecule has 0 aliphatic heterocycles. The highest BCUT2D eigenvalue weighted by atomic mass is 32.1. The van der Waals surface area contributed by atoms with Crippen molar-refractivity contribution in [3.63, 3.8) is 0 Å². The van der Waals surface area contributed by atoms with Crippen molar-refractivity contribution >= 4 is 33.4 Å². The van der Waals surface area contributed by atoms with Crippen LogP contribution in [-0.4, -0.2) is 31.2 Å². The van der Waals surface area contributed by atoms with Crippen LogP contribution in [0, 0.1) is 11.3 Å². The van der Waals surface area contributed by atoms with Crippen LogP contribution in [0.4, 0.5) is 4.79 Å². The van der Waals surface area contributed by atoms with Crippen LogP contribution in [-0.2, 0) is 16.0 Å². The monoisotopic (exact) mass is 345 g/mol. The first-order valence-electron chi connectivity index (χ1n) is 7.68. The zero-order valence-corrected chi connectivity index (χ0v) is 14.2. The molecular weight excluding hydrogens is 326 g/mol.